The second-order valence-corrected chi connectivity index (χ2v) is 4.46. The van der Waals surface area contributed by atoms with Crippen molar-refractivity contribution in [2.75, 3.05) is 17.2 Å². The smallest absolute Gasteiger partial charge is 0.175 e. The molecule has 0 fully saturated rings. The molecule has 0 heterocycles. The van der Waals surface area contributed by atoms with E-state index in [9.17, 15) is 4.39 Å². The van der Waals surface area contributed by atoms with Crippen LogP contribution in [0, 0.1) is 5.82 Å². The molecule has 0 aliphatic heterocycles. The van der Waals surface area contributed by atoms with Crippen molar-refractivity contribution >= 4 is 28.7 Å². The van der Waals surface area contributed by atoms with Crippen LogP contribution in [0.1, 0.15) is 6.92 Å². The summed E-state index contributed by atoms with van der Waals surface area (Å²) >= 11 is 5.17. The molecule has 0 saturated heterocycles. The molecule has 0 atom stereocenters. The van der Waals surface area contributed by atoms with Gasteiger partial charge in [-0.25, -0.2) is 4.39 Å². The fourth-order valence-electron chi connectivity index (χ4n) is 1.66. The summed E-state index contributed by atoms with van der Waals surface area (Å²) in [5.41, 5.74) is 1.44. The van der Waals surface area contributed by atoms with Gasteiger partial charge in [0.2, 0.25) is 0 Å². The van der Waals surface area contributed by atoms with Crippen molar-refractivity contribution in [2.45, 2.75) is 6.92 Å². The zero-order valence-corrected chi connectivity index (χ0v) is 11.8. The van der Waals surface area contributed by atoms with Crippen LogP contribution in [0.4, 0.5) is 15.8 Å². The number of nitrogens with one attached hydrogen (secondary N) is 2. The maximum Gasteiger partial charge on any atom is 0.175 e. The van der Waals surface area contributed by atoms with E-state index in [0.29, 0.717) is 17.4 Å². The van der Waals surface area contributed by atoms with E-state index < -0.39 is 0 Å². The second kappa shape index (κ2) is 6.86. The molecule has 0 saturated carbocycles. The highest BCUT2D eigenvalue weighted by Crippen LogP contribution is 2.16. The van der Waals surface area contributed by atoms with Gasteiger partial charge in [-0.3, -0.25) is 0 Å². The quantitative estimate of drug-likeness (QED) is 0.833. The largest absolute Gasteiger partial charge is 0.494 e. The van der Waals surface area contributed by atoms with Crippen molar-refractivity contribution in [3.05, 3.63) is 54.3 Å². The summed E-state index contributed by atoms with van der Waals surface area (Å²) in [4.78, 5) is 0. The first-order valence-electron chi connectivity index (χ1n) is 6.24. The number of thiocarbonyl (C=S) groups is 1. The van der Waals surface area contributed by atoms with Gasteiger partial charge in [0.25, 0.3) is 0 Å². The molecule has 0 radical (unpaired) electrons. The maximum atomic E-state index is 13.0. The van der Waals surface area contributed by atoms with Gasteiger partial charge in [0.15, 0.2) is 5.11 Å². The summed E-state index contributed by atoms with van der Waals surface area (Å²) in [6.07, 6.45) is 0. The molecule has 0 aliphatic carbocycles. The topological polar surface area (TPSA) is 33.3 Å². The van der Waals surface area contributed by atoms with Crippen LogP contribution < -0.4 is 15.4 Å². The van der Waals surface area contributed by atoms with Gasteiger partial charge in [0.05, 0.1) is 6.61 Å². The number of hydrogen-bond donors (Lipinski definition) is 2. The molecule has 0 spiro atoms. The predicted molar refractivity (Wildman–Crippen MR) is 83.9 cm³/mol. The van der Waals surface area contributed by atoms with Crippen molar-refractivity contribution in [2.24, 2.45) is 0 Å². The molecule has 0 aromatic heterocycles. The number of benzene rings is 2. The lowest BCUT2D eigenvalue weighted by Gasteiger charge is -2.11. The molecule has 5 heteroatoms. The fraction of sp³-hybridized carbons (Fsp3) is 0.133. The molecule has 2 aromatic rings. The fourth-order valence-corrected chi connectivity index (χ4v) is 1.90. The van der Waals surface area contributed by atoms with Crippen LogP contribution in [0.3, 0.4) is 0 Å². The van der Waals surface area contributed by atoms with Gasteiger partial charge in [-0.15, -0.1) is 0 Å². The molecule has 2 N–H and O–H groups in total. The average Bonchev–Trinajstić information content (AvgIpc) is 2.41. The van der Waals surface area contributed by atoms with Crippen LogP contribution in [0.15, 0.2) is 48.5 Å². The first-order chi connectivity index (χ1) is 9.67. The summed E-state index contributed by atoms with van der Waals surface area (Å²) in [7, 11) is 0. The SMILES string of the molecule is CCOc1ccc(NC(=S)Nc2cccc(F)c2)cc1. The highest BCUT2D eigenvalue weighted by molar-refractivity contribution is 7.80. The minimum absolute atomic E-state index is 0.307. The maximum absolute atomic E-state index is 13.0. The van der Waals surface area contributed by atoms with Gasteiger partial charge >= 0.3 is 0 Å². The number of anilines is 2. The summed E-state index contributed by atoms with van der Waals surface area (Å²) in [5, 5.41) is 6.34. The lowest BCUT2D eigenvalue weighted by Crippen LogP contribution is -2.19. The predicted octanol–water partition coefficient (Wildman–Crippen LogP) is 4.03. The molecule has 104 valence electrons. The van der Waals surface area contributed by atoms with Crippen LogP contribution in [0.5, 0.6) is 5.75 Å². The number of rotatable bonds is 4. The Bertz CT molecular complexity index is 587. The van der Waals surface area contributed by atoms with E-state index in [1.807, 2.05) is 31.2 Å². The third-order valence-electron chi connectivity index (χ3n) is 2.51. The van der Waals surface area contributed by atoms with Gasteiger partial charge in [-0.05, 0) is 61.6 Å². The zero-order chi connectivity index (χ0) is 14.4. The highest BCUT2D eigenvalue weighted by Gasteiger charge is 2.00. The van der Waals surface area contributed by atoms with Gasteiger partial charge in [-0.1, -0.05) is 6.07 Å². The Kier molecular flexibility index (Phi) is 4.90. The van der Waals surface area contributed by atoms with Crippen LogP contribution in [-0.4, -0.2) is 11.7 Å². The molecule has 0 unspecified atom stereocenters. The standard InChI is InChI=1S/C15H15FN2OS/c1-2-19-14-8-6-12(7-9-14)17-15(20)18-13-5-3-4-11(16)10-13/h3-10H,2H2,1H3,(H2,17,18,20). The lowest BCUT2D eigenvalue weighted by atomic mass is 10.3. The lowest BCUT2D eigenvalue weighted by molar-refractivity contribution is 0.340. The Balaban J connectivity index is 1.94. The van der Waals surface area contributed by atoms with Crippen molar-refractivity contribution in [1.29, 1.82) is 0 Å². The van der Waals surface area contributed by atoms with Gasteiger partial charge in [0.1, 0.15) is 11.6 Å². The second-order valence-electron chi connectivity index (χ2n) is 4.05. The van der Waals surface area contributed by atoms with E-state index in [1.54, 1.807) is 12.1 Å². The van der Waals surface area contributed by atoms with E-state index in [1.165, 1.54) is 12.1 Å². The molecule has 3 nitrogen and oxygen atoms in total. The van der Waals surface area contributed by atoms with E-state index in [4.69, 9.17) is 17.0 Å². The minimum Gasteiger partial charge on any atom is -0.494 e. The molecule has 20 heavy (non-hydrogen) atoms. The Hall–Kier alpha value is -2.14. The molecular formula is C15H15FN2OS. The number of ether oxygens (including phenoxy) is 1. The third kappa shape index (κ3) is 4.20. The van der Waals surface area contributed by atoms with Crippen LogP contribution in [-0.2, 0) is 0 Å². The third-order valence-corrected chi connectivity index (χ3v) is 2.71. The first-order valence-corrected chi connectivity index (χ1v) is 6.64. The number of hydrogen-bond acceptors (Lipinski definition) is 2. The zero-order valence-electron chi connectivity index (χ0n) is 11.0. The number of halogens is 1. The monoisotopic (exact) mass is 290 g/mol. The summed E-state index contributed by atoms with van der Waals surface area (Å²) in [6.45, 7) is 2.57. The van der Waals surface area contributed by atoms with Crippen molar-refractivity contribution in [3.63, 3.8) is 0 Å². The van der Waals surface area contributed by atoms with Gasteiger partial charge in [0, 0.05) is 11.4 Å². The van der Waals surface area contributed by atoms with Crippen molar-refractivity contribution < 1.29 is 9.13 Å². The highest BCUT2D eigenvalue weighted by atomic mass is 32.1. The van der Waals surface area contributed by atoms with Crippen LogP contribution >= 0.6 is 12.2 Å². The Labute approximate surface area is 122 Å². The molecule has 0 bridgehead atoms. The van der Waals surface area contributed by atoms with E-state index in [0.717, 1.165) is 11.4 Å². The molecule has 2 aromatic carbocycles. The summed E-state index contributed by atoms with van der Waals surface area (Å²) in [5.74, 6) is 0.501. The normalized spacial score (nSPS) is 9.90. The average molecular weight is 290 g/mol. The molecule has 0 aliphatic rings. The van der Waals surface area contributed by atoms with Crippen LogP contribution in [0.25, 0.3) is 0 Å². The molecule has 0 amide bonds. The molecular weight excluding hydrogens is 275 g/mol. The summed E-state index contributed by atoms with van der Waals surface area (Å²) < 4.78 is 18.4. The first kappa shape index (κ1) is 14.3. The van der Waals surface area contributed by atoms with Crippen molar-refractivity contribution in [3.8, 4) is 5.75 Å². The Morgan fingerprint density at radius 2 is 1.80 bits per heavy atom. The van der Waals surface area contributed by atoms with E-state index in [2.05, 4.69) is 10.6 Å². The summed E-state index contributed by atoms with van der Waals surface area (Å²) in [6, 6.07) is 13.6. The van der Waals surface area contributed by atoms with Gasteiger partial charge < -0.3 is 15.4 Å². The van der Waals surface area contributed by atoms with Crippen molar-refractivity contribution in [1.82, 2.24) is 0 Å². The minimum atomic E-state index is -0.307. The van der Waals surface area contributed by atoms with Gasteiger partial charge in [-0.2, -0.15) is 0 Å². The van der Waals surface area contributed by atoms with E-state index >= 15 is 0 Å². The van der Waals surface area contributed by atoms with Crippen LogP contribution in [0.2, 0.25) is 0 Å². The molecule has 2 rings (SSSR count). The van der Waals surface area contributed by atoms with E-state index in [-0.39, 0.29) is 5.82 Å². The Morgan fingerprint density at radius 3 is 2.45 bits per heavy atom. The Morgan fingerprint density at radius 1 is 1.10 bits per heavy atom.